The number of amides is 2. The Hall–Kier alpha value is -2.97. The molecule has 0 heterocycles. The van der Waals surface area contributed by atoms with Crippen LogP contribution in [0, 0.1) is 0 Å². The van der Waals surface area contributed by atoms with Crippen LogP contribution in [-0.2, 0) is 20.9 Å². The maximum absolute atomic E-state index is 12.4. The standard InChI is InChI=1S/C20H20Cl2N2O6/c1-11(19(26)24-9-12-5-3-4-6-14(12)21)30-20(27)13-7-15(22)18(16(8-13)28-2)29-10-17(23)25/h3-8,11H,9-10H2,1-2H3,(H2,23,25)(H,24,26). The van der Waals surface area contributed by atoms with Crippen molar-refractivity contribution < 1.29 is 28.6 Å². The lowest BCUT2D eigenvalue weighted by Gasteiger charge is -2.16. The van der Waals surface area contributed by atoms with E-state index in [2.05, 4.69) is 5.32 Å². The van der Waals surface area contributed by atoms with E-state index in [1.165, 1.54) is 26.2 Å². The number of ether oxygens (including phenoxy) is 3. The quantitative estimate of drug-likeness (QED) is 0.562. The van der Waals surface area contributed by atoms with Crippen molar-refractivity contribution in [3.05, 3.63) is 57.6 Å². The summed E-state index contributed by atoms with van der Waals surface area (Å²) in [6.07, 6.45) is -1.07. The van der Waals surface area contributed by atoms with Gasteiger partial charge in [0.25, 0.3) is 11.8 Å². The van der Waals surface area contributed by atoms with Crippen LogP contribution in [0.5, 0.6) is 11.5 Å². The summed E-state index contributed by atoms with van der Waals surface area (Å²) in [5.74, 6) is -1.83. The van der Waals surface area contributed by atoms with Crippen molar-refractivity contribution in [3.8, 4) is 11.5 Å². The highest BCUT2D eigenvalue weighted by Gasteiger charge is 2.22. The lowest BCUT2D eigenvalue weighted by Crippen LogP contribution is -2.35. The minimum absolute atomic E-state index is 0.0124. The predicted molar refractivity (Wildman–Crippen MR) is 111 cm³/mol. The second-order valence-corrected chi connectivity index (χ2v) is 6.92. The van der Waals surface area contributed by atoms with Gasteiger partial charge in [-0.2, -0.15) is 0 Å². The topological polar surface area (TPSA) is 117 Å². The molecule has 2 rings (SSSR count). The van der Waals surface area contributed by atoms with Gasteiger partial charge < -0.3 is 25.3 Å². The van der Waals surface area contributed by atoms with Crippen molar-refractivity contribution in [1.82, 2.24) is 5.32 Å². The van der Waals surface area contributed by atoms with Crippen molar-refractivity contribution in [2.45, 2.75) is 19.6 Å². The summed E-state index contributed by atoms with van der Waals surface area (Å²) in [6.45, 7) is 1.21. The summed E-state index contributed by atoms with van der Waals surface area (Å²) in [5, 5.41) is 3.18. The fourth-order valence-corrected chi connectivity index (χ4v) is 2.84. The number of halogens is 2. The first-order chi connectivity index (χ1) is 14.2. The average Bonchev–Trinajstić information content (AvgIpc) is 2.71. The second kappa shape index (κ2) is 10.7. The molecule has 0 saturated heterocycles. The van der Waals surface area contributed by atoms with Gasteiger partial charge in [-0.05, 0) is 30.7 Å². The van der Waals surface area contributed by atoms with Gasteiger partial charge in [0.2, 0.25) is 0 Å². The van der Waals surface area contributed by atoms with E-state index in [9.17, 15) is 14.4 Å². The molecule has 8 nitrogen and oxygen atoms in total. The minimum Gasteiger partial charge on any atom is -0.493 e. The Morgan fingerprint density at radius 3 is 2.47 bits per heavy atom. The first kappa shape index (κ1) is 23.3. The molecule has 0 saturated carbocycles. The molecule has 0 aliphatic carbocycles. The SMILES string of the molecule is COc1cc(C(=O)OC(C)C(=O)NCc2ccccc2Cl)cc(Cl)c1OCC(N)=O. The molecule has 0 aliphatic heterocycles. The predicted octanol–water partition coefficient (Wildman–Crippen LogP) is 2.73. The van der Waals surface area contributed by atoms with E-state index in [0.29, 0.717) is 5.02 Å². The highest BCUT2D eigenvalue weighted by molar-refractivity contribution is 6.32. The highest BCUT2D eigenvalue weighted by Crippen LogP contribution is 2.36. The molecule has 0 bridgehead atoms. The minimum atomic E-state index is -1.07. The number of methoxy groups -OCH3 is 1. The average molecular weight is 455 g/mol. The van der Waals surface area contributed by atoms with Gasteiger partial charge in [-0.15, -0.1) is 0 Å². The van der Waals surface area contributed by atoms with Crippen LogP contribution in [0.25, 0.3) is 0 Å². The molecule has 1 unspecified atom stereocenters. The van der Waals surface area contributed by atoms with Crippen LogP contribution < -0.4 is 20.5 Å². The van der Waals surface area contributed by atoms with Crippen molar-refractivity contribution in [2.24, 2.45) is 5.73 Å². The first-order valence-corrected chi connectivity index (χ1v) is 9.49. The summed E-state index contributed by atoms with van der Waals surface area (Å²) >= 11 is 12.2. The Balaban J connectivity index is 2.03. The number of hydrogen-bond donors (Lipinski definition) is 2. The number of nitrogens with two attached hydrogens (primary N) is 1. The number of primary amides is 1. The summed E-state index contributed by atoms with van der Waals surface area (Å²) < 4.78 is 15.5. The van der Waals surface area contributed by atoms with Crippen LogP contribution in [0.4, 0.5) is 0 Å². The summed E-state index contributed by atoms with van der Waals surface area (Å²) in [7, 11) is 1.34. The molecule has 2 aromatic rings. The number of hydrogen-bond acceptors (Lipinski definition) is 6. The molecule has 30 heavy (non-hydrogen) atoms. The van der Waals surface area contributed by atoms with Crippen molar-refractivity contribution in [2.75, 3.05) is 13.7 Å². The molecule has 1 atom stereocenters. The Bertz CT molecular complexity index is 951. The molecule has 10 heteroatoms. The van der Waals surface area contributed by atoms with Crippen LogP contribution in [0.2, 0.25) is 10.0 Å². The van der Waals surface area contributed by atoms with Crippen LogP contribution >= 0.6 is 23.2 Å². The van der Waals surface area contributed by atoms with Gasteiger partial charge in [-0.1, -0.05) is 41.4 Å². The number of carbonyl (C=O) groups excluding carboxylic acids is 3. The summed E-state index contributed by atoms with van der Waals surface area (Å²) in [4.78, 5) is 35.6. The molecule has 0 spiro atoms. The largest absolute Gasteiger partial charge is 0.493 e. The van der Waals surface area contributed by atoms with Crippen LogP contribution in [0.1, 0.15) is 22.8 Å². The second-order valence-electron chi connectivity index (χ2n) is 6.10. The third kappa shape index (κ3) is 6.27. The fraction of sp³-hybridized carbons (Fsp3) is 0.250. The normalized spacial score (nSPS) is 11.3. The van der Waals surface area contributed by atoms with E-state index in [1.54, 1.807) is 24.3 Å². The Labute approximate surface area is 183 Å². The third-order valence-electron chi connectivity index (χ3n) is 3.89. The number of nitrogens with one attached hydrogen (secondary N) is 1. The van der Waals surface area contributed by atoms with E-state index in [1.807, 2.05) is 0 Å². The number of benzene rings is 2. The molecule has 0 aliphatic rings. The zero-order chi connectivity index (χ0) is 22.3. The van der Waals surface area contributed by atoms with Crippen molar-refractivity contribution in [1.29, 1.82) is 0 Å². The van der Waals surface area contributed by atoms with Gasteiger partial charge in [-0.3, -0.25) is 9.59 Å². The van der Waals surface area contributed by atoms with Crippen LogP contribution in [0.3, 0.4) is 0 Å². The Morgan fingerprint density at radius 1 is 1.13 bits per heavy atom. The Morgan fingerprint density at radius 2 is 1.83 bits per heavy atom. The molecule has 2 amide bonds. The van der Waals surface area contributed by atoms with Gasteiger partial charge in [-0.25, -0.2) is 4.79 Å². The molecule has 160 valence electrons. The van der Waals surface area contributed by atoms with Crippen molar-refractivity contribution in [3.63, 3.8) is 0 Å². The Kier molecular flexibility index (Phi) is 8.32. The van der Waals surface area contributed by atoms with Gasteiger partial charge in [0.05, 0.1) is 17.7 Å². The number of esters is 1. The molecule has 3 N–H and O–H groups in total. The summed E-state index contributed by atoms with van der Waals surface area (Å²) in [6, 6.07) is 9.65. The van der Waals surface area contributed by atoms with Gasteiger partial charge in [0.1, 0.15) is 0 Å². The maximum Gasteiger partial charge on any atom is 0.339 e. The molecule has 0 fully saturated rings. The molecule has 0 radical (unpaired) electrons. The first-order valence-electron chi connectivity index (χ1n) is 8.73. The van der Waals surface area contributed by atoms with Crippen LogP contribution in [-0.4, -0.2) is 37.6 Å². The molecular formula is C20H20Cl2N2O6. The van der Waals surface area contributed by atoms with Gasteiger partial charge >= 0.3 is 5.97 Å². The number of rotatable bonds is 9. The molecular weight excluding hydrogens is 435 g/mol. The third-order valence-corrected chi connectivity index (χ3v) is 4.54. The zero-order valence-electron chi connectivity index (χ0n) is 16.2. The maximum atomic E-state index is 12.4. The molecule has 2 aromatic carbocycles. The fourth-order valence-electron chi connectivity index (χ4n) is 2.37. The smallest absolute Gasteiger partial charge is 0.339 e. The van der Waals surface area contributed by atoms with E-state index in [-0.39, 0.29) is 28.6 Å². The summed E-state index contributed by atoms with van der Waals surface area (Å²) in [5.41, 5.74) is 5.81. The van der Waals surface area contributed by atoms with Crippen molar-refractivity contribution >= 4 is 41.0 Å². The van der Waals surface area contributed by atoms with Gasteiger partial charge in [0.15, 0.2) is 24.2 Å². The van der Waals surface area contributed by atoms with E-state index >= 15 is 0 Å². The lowest BCUT2D eigenvalue weighted by atomic mass is 10.2. The monoisotopic (exact) mass is 454 g/mol. The number of carbonyl (C=O) groups is 3. The van der Waals surface area contributed by atoms with Crippen LogP contribution in [0.15, 0.2) is 36.4 Å². The lowest BCUT2D eigenvalue weighted by molar-refractivity contribution is -0.129. The zero-order valence-corrected chi connectivity index (χ0v) is 17.8. The molecule has 0 aromatic heterocycles. The van der Waals surface area contributed by atoms with E-state index in [4.69, 9.17) is 43.1 Å². The van der Waals surface area contributed by atoms with E-state index in [0.717, 1.165) is 5.56 Å². The van der Waals surface area contributed by atoms with Gasteiger partial charge in [0, 0.05) is 11.6 Å². The highest BCUT2D eigenvalue weighted by atomic mass is 35.5. The van der Waals surface area contributed by atoms with E-state index < -0.39 is 30.5 Å².